The summed E-state index contributed by atoms with van der Waals surface area (Å²) in [7, 11) is 0. The lowest BCUT2D eigenvalue weighted by atomic mass is 9.99. The van der Waals surface area contributed by atoms with E-state index in [1.54, 1.807) is 22.0 Å². The number of hydrogen-bond acceptors (Lipinski definition) is 12. The average Bonchev–Trinajstić information content (AvgIpc) is 4.04. The van der Waals surface area contributed by atoms with Crippen molar-refractivity contribution in [1.82, 2.24) is 9.80 Å². The Balaban J connectivity index is 1.80. The molecule has 2 saturated heterocycles. The van der Waals surface area contributed by atoms with Gasteiger partial charge in [-0.25, -0.2) is 9.59 Å². The molecule has 0 saturated carbocycles. The molecule has 2 aromatic heterocycles. The van der Waals surface area contributed by atoms with Crippen molar-refractivity contribution in [2.75, 3.05) is 26.3 Å². The van der Waals surface area contributed by atoms with Gasteiger partial charge in [-0.15, -0.1) is 0 Å². The van der Waals surface area contributed by atoms with E-state index in [2.05, 4.69) is 55.4 Å². The quantitative estimate of drug-likeness (QED) is 0.0439. The fourth-order valence-corrected chi connectivity index (χ4v) is 10.4. The van der Waals surface area contributed by atoms with E-state index >= 15 is 0 Å². The van der Waals surface area contributed by atoms with Crippen LogP contribution in [0.1, 0.15) is 190 Å². The molecule has 2 aliphatic rings. The fourth-order valence-electron chi connectivity index (χ4n) is 7.87. The zero-order chi connectivity index (χ0) is 46.8. The minimum atomic E-state index is -0.653. The van der Waals surface area contributed by atoms with Crippen LogP contribution in [0, 0.1) is 23.7 Å². The predicted octanol–water partition coefficient (Wildman–Crippen LogP) is 14.1. The van der Waals surface area contributed by atoms with Gasteiger partial charge in [-0.05, 0) is 61.5 Å². The van der Waals surface area contributed by atoms with E-state index in [1.807, 2.05) is 0 Å². The van der Waals surface area contributed by atoms with Gasteiger partial charge >= 0.3 is 11.9 Å². The molecular weight excluding hydrogens is 885 g/mol. The molecular formula is C50H72N2O8S4. The smallest absolute Gasteiger partial charge is 0.342 e. The van der Waals surface area contributed by atoms with Crippen molar-refractivity contribution in [2.24, 2.45) is 23.7 Å². The van der Waals surface area contributed by atoms with Crippen LogP contribution in [0.15, 0.2) is 30.8 Å². The molecule has 4 heterocycles. The van der Waals surface area contributed by atoms with Crippen molar-refractivity contribution < 1.29 is 37.5 Å². The van der Waals surface area contributed by atoms with Gasteiger partial charge < -0.3 is 18.3 Å². The van der Waals surface area contributed by atoms with Crippen molar-refractivity contribution in [3.8, 4) is 11.5 Å². The van der Waals surface area contributed by atoms with E-state index in [-0.39, 0.29) is 71.0 Å². The van der Waals surface area contributed by atoms with Crippen LogP contribution in [0.5, 0.6) is 0 Å². The van der Waals surface area contributed by atoms with E-state index in [0.29, 0.717) is 43.4 Å². The van der Waals surface area contributed by atoms with Gasteiger partial charge in [0.15, 0.2) is 11.5 Å². The Morgan fingerprint density at radius 3 is 1.22 bits per heavy atom. The summed E-state index contributed by atoms with van der Waals surface area (Å²) in [4.78, 5) is 60.1. The van der Waals surface area contributed by atoms with Gasteiger partial charge in [0.1, 0.15) is 31.3 Å². The molecule has 4 unspecified atom stereocenters. The Morgan fingerprint density at radius 1 is 0.578 bits per heavy atom. The van der Waals surface area contributed by atoms with Gasteiger partial charge in [-0.1, -0.05) is 180 Å². The predicted molar refractivity (Wildman–Crippen MR) is 270 cm³/mol. The van der Waals surface area contributed by atoms with E-state index in [4.69, 9.17) is 42.7 Å². The first-order chi connectivity index (χ1) is 30.9. The van der Waals surface area contributed by atoms with Gasteiger partial charge in [0.2, 0.25) is 0 Å². The average molecular weight is 957 g/mol. The second kappa shape index (κ2) is 27.4. The largest absolute Gasteiger partial charge is 0.462 e. The van der Waals surface area contributed by atoms with Crippen molar-refractivity contribution in [3.05, 3.63) is 44.6 Å². The van der Waals surface area contributed by atoms with Crippen LogP contribution < -0.4 is 0 Å². The number of amides is 2. The number of nitrogens with zero attached hydrogens (tertiary/aromatic N) is 2. The number of thioether (sulfide) groups is 2. The third kappa shape index (κ3) is 14.9. The zero-order valence-electron chi connectivity index (χ0n) is 39.6. The molecule has 14 heteroatoms. The maximum atomic E-state index is 14.2. The molecule has 0 aromatic carbocycles. The number of unbranched alkanes of at least 4 members (excludes halogenated alkanes) is 4. The third-order valence-corrected chi connectivity index (χ3v) is 15.2. The van der Waals surface area contributed by atoms with Crippen LogP contribution >= 0.6 is 48.0 Å². The summed E-state index contributed by atoms with van der Waals surface area (Å²) in [6.07, 6.45) is 19.0. The first kappa shape index (κ1) is 53.4. The SMILES string of the molecule is CCCCC(CC)COC(=O)c1cc(/C=C2\SC(=S)N(CC(CC)CCCC)C2=O)oc1-c1oc(/C=C2\SC(=S)N(CC(CC)CCCC)C2=O)cc1C(=O)OCC(CC)CCCC. The maximum absolute atomic E-state index is 14.2. The standard InChI is InChI=1S/C50H72N2O8S4/c1-9-17-21-33(13-5)29-51-45(53)41(63-49(51)61)27-37-25-39(47(55)57-31-35(15-7)23-19-11-3)43(59-37)44-40(48(56)58-32-36(16-8)24-20-12-4)26-38(60-44)28-42-46(54)52(50(62)64-42)30-34(14-6)22-18-10-2/h25-28,33-36H,9-24,29-32H2,1-8H3/b41-27-,42-28-. The van der Waals surface area contributed by atoms with Crippen LogP contribution in [0.2, 0.25) is 0 Å². The van der Waals surface area contributed by atoms with Gasteiger partial charge in [0, 0.05) is 25.2 Å². The van der Waals surface area contributed by atoms with Gasteiger partial charge in [-0.3, -0.25) is 19.4 Å². The molecule has 10 nitrogen and oxygen atoms in total. The van der Waals surface area contributed by atoms with Crippen LogP contribution in [0.25, 0.3) is 23.7 Å². The molecule has 4 rings (SSSR count). The van der Waals surface area contributed by atoms with Gasteiger partial charge in [0.05, 0.1) is 23.0 Å². The van der Waals surface area contributed by atoms with E-state index < -0.39 is 11.9 Å². The van der Waals surface area contributed by atoms with Gasteiger partial charge in [0.25, 0.3) is 11.8 Å². The second-order valence-electron chi connectivity index (χ2n) is 17.2. The molecule has 0 radical (unpaired) electrons. The van der Waals surface area contributed by atoms with E-state index in [1.165, 1.54) is 35.7 Å². The molecule has 2 amide bonds. The number of carbonyl (C=O) groups is 4. The summed E-state index contributed by atoms with van der Waals surface area (Å²) >= 11 is 13.8. The number of ether oxygens (including phenoxy) is 2. The highest BCUT2D eigenvalue weighted by atomic mass is 32.2. The first-order valence-electron chi connectivity index (χ1n) is 24.0. The number of hydrogen-bond donors (Lipinski definition) is 0. The number of furan rings is 2. The first-order valence-corrected chi connectivity index (χ1v) is 26.4. The van der Waals surface area contributed by atoms with Crippen molar-refractivity contribution in [2.45, 2.75) is 158 Å². The Labute approximate surface area is 401 Å². The molecule has 0 N–H and O–H groups in total. The lowest BCUT2D eigenvalue weighted by Crippen LogP contribution is -2.33. The summed E-state index contributed by atoms with van der Waals surface area (Å²) < 4.78 is 25.7. The van der Waals surface area contributed by atoms with E-state index in [0.717, 1.165) is 103 Å². The Morgan fingerprint density at radius 2 is 0.906 bits per heavy atom. The number of esters is 2. The summed E-state index contributed by atoms with van der Waals surface area (Å²) in [5.74, 6) is -0.482. The normalized spacial score (nSPS) is 17.6. The van der Waals surface area contributed by atoms with Crippen LogP contribution in [-0.4, -0.2) is 68.5 Å². The molecule has 0 spiro atoms. The number of rotatable bonds is 29. The van der Waals surface area contributed by atoms with Crippen molar-refractivity contribution in [1.29, 1.82) is 0 Å². The zero-order valence-corrected chi connectivity index (χ0v) is 42.8. The summed E-state index contributed by atoms with van der Waals surface area (Å²) in [5.41, 5.74) is 0.0667. The summed E-state index contributed by atoms with van der Waals surface area (Å²) in [5, 5.41) is 0. The van der Waals surface area contributed by atoms with Crippen molar-refractivity contribution in [3.63, 3.8) is 0 Å². The van der Waals surface area contributed by atoms with Crippen LogP contribution in [0.3, 0.4) is 0 Å². The minimum Gasteiger partial charge on any atom is -0.462 e. The summed E-state index contributed by atoms with van der Waals surface area (Å²) in [6, 6.07) is 3.05. The minimum absolute atomic E-state index is 0.0334. The molecule has 354 valence electrons. The lowest BCUT2D eigenvalue weighted by molar-refractivity contribution is -0.123. The lowest BCUT2D eigenvalue weighted by Gasteiger charge is -2.21. The molecule has 2 fully saturated rings. The molecule has 0 bridgehead atoms. The molecule has 0 aliphatic carbocycles. The van der Waals surface area contributed by atoms with Crippen molar-refractivity contribution >= 4 is 92.5 Å². The monoisotopic (exact) mass is 956 g/mol. The maximum Gasteiger partial charge on any atom is 0.342 e. The Kier molecular flexibility index (Phi) is 22.9. The fraction of sp³-hybridized carbons (Fsp3) is 0.640. The third-order valence-electron chi connectivity index (χ3n) is 12.4. The topological polar surface area (TPSA) is 119 Å². The van der Waals surface area contributed by atoms with Crippen LogP contribution in [0.4, 0.5) is 0 Å². The highest BCUT2D eigenvalue weighted by Crippen LogP contribution is 2.40. The summed E-state index contributed by atoms with van der Waals surface area (Å²) in [6.45, 7) is 18.5. The molecule has 64 heavy (non-hydrogen) atoms. The number of thiocarbonyl (C=S) groups is 2. The highest BCUT2D eigenvalue weighted by Gasteiger charge is 2.37. The Bertz CT molecular complexity index is 1830. The Hall–Kier alpha value is -3.20. The number of carbonyl (C=O) groups excluding carboxylic acids is 4. The molecule has 2 aliphatic heterocycles. The van der Waals surface area contributed by atoms with Crippen LogP contribution in [-0.2, 0) is 19.1 Å². The molecule has 2 aromatic rings. The highest BCUT2D eigenvalue weighted by molar-refractivity contribution is 8.27. The van der Waals surface area contributed by atoms with E-state index in [9.17, 15) is 19.2 Å². The second-order valence-corrected chi connectivity index (χ2v) is 20.6. The van der Waals surface area contributed by atoms with Gasteiger partial charge in [-0.2, -0.15) is 0 Å². The molecule has 4 atom stereocenters.